The van der Waals surface area contributed by atoms with Crippen LogP contribution in [0.15, 0.2) is 77.7 Å². The number of sulfonamides is 1. The lowest BCUT2D eigenvalue weighted by Crippen LogP contribution is -2.52. The third kappa shape index (κ3) is 6.81. The van der Waals surface area contributed by atoms with E-state index >= 15 is 0 Å². The summed E-state index contributed by atoms with van der Waals surface area (Å²) >= 11 is 0. The van der Waals surface area contributed by atoms with Crippen LogP contribution in [-0.2, 0) is 26.2 Å². The van der Waals surface area contributed by atoms with Crippen LogP contribution in [0.1, 0.15) is 43.0 Å². The van der Waals surface area contributed by atoms with Crippen molar-refractivity contribution in [1.82, 2.24) is 10.2 Å². The van der Waals surface area contributed by atoms with E-state index in [1.54, 1.807) is 37.3 Å². The van der Waals surface area contributed by atoms with Crippen molar-refractivity contribution in [2.75, 3.05) is 10.8 Å². The second-order valence-electron chi connectivity index (χ2n) is 9.89. The number of carbonyl (C=O) groups excluding carboxylic acids is 2. The molecule has 0 fully saturated rings. The largest absolute Gasteiger partial charge is 0.352 e. The summed E-state index contributed by atoms with van der Waals surface area (Å²) in [5, 5.41) is 2.87. The molecule has 7 nitrogen and oxygen atoms in total. The second-order valence-corrected chi connectivity index (χ2v) is 11.8. The number of hydrogen-bond donors (Lipinski definition) is 1. The van der Waals surface area contributed by atoms with Crippen LogP contribution in [0.25, 0.3) is 0 Å². The summed E-state index contributed by atoms with van der Waals surface area (Å²) in [4.78, 5) is 28.5. The van der Waals surface area contributed by atoms with Crippen molar-refractivity contribution in [2.24, 2.45) is 0 Å². The number of nitrogens with zero attached hydrogens (tertiary/aromatic N) is 2. The van der Waals surface area contributed by atoms with Gasteiger partial charge in [-0.25, -0.2) is 8.42 Å². The molecular weight excluding hydrogens is 498 g/mol. The van der Waals surface area contributed by atoms with Crippen molar-refractivity contribution < 1.29 is 18.0 Å². The fourth-order valence-electron chi connectivity index (χ4n) is 4.23. The van der Waals surface area contributed by atoms with Gasteiger partial charge in [0.2, 0.25) is 11.8 Å². The van der Waals surface area contributed by atoms with Crippen molar-refractivity contribution in [2.45, 2.75) is 65.1 Å². The maximum Gasteiger partial charge on any atom is 0.264 e. The topological polar surface area (TPSA) is 86.8 Å². The van der Waals surface area contributed by atoms with E-state index in [9.17, 15) is 18.0 Å². The highest BCUT2D eigenvalue weighted by atomic mass is 32.2. The lowest BCUT2D eigenvalue weighted by Gasteiger charge is -2.33. The molecule has 3 aromatic rings. The Morgan fingerprint density at radius 2 is 1.53 bits per heavy atom. The Kier molecular flexibility index (Phi) is 9.33. The van der Waals surface area contributed by atoms with Gasteiger partial charge in [0.05, 0.1) is 10.6 Å². The molecule has 2 amide bonds. The van der Waals surface area contributed by atoms with Gasteiger partial charge in [-0.15, -0.1) is 0 Å². The first-order valence-electron chi connectivity index (χ1n) is 12.7. The summed E-state index contributed by atoms with van der Waals surface area (Å²) in [7, 11) is -4.08. The number of amides is 2. The zero-order chi connectivity index (χ0) is 28.0. The average molecular weight is 536 g/mol. The minimum Gasteiger partial charge on any atom is -0.352 e. The molecule has 0 aliphatic rings. The minimum absolute atomic E-state index is 0.0875. The van der Waals surface area contributed by atoms with Gasteiger partial charge in [0, 0.05) is 12.6 Å². The van der Waals surface area contributed by atoms with E-state index in [2.05, 4.69) is 5.32 Å². The van der Waals surface area contributed by atoms with Crippen LogP contribution in [0.4, 0.5) is 5.69 Å². The Bertz CT molecular complexity index is 1390. The van der Waals surface area contributed by atoms with E-state index in [1.165, 1.54) is 17.0 Å². The van der Waals surface area contributed by atoms with Crippen LogP contribution in [0.3, 0.4) is 0 Å². The minimum atomic E-state index is -4.08. The highest BCUT2D eigenvalue weighted by Gasteiger charge is 2.33. The summed E-state index contributed by atoms with van der Waals surface area (Å²) in [6, 6.07) is 20.2. The molecule has 0 aliphatic carbocycles. The van der Waals surface area contributed by atoms with E-state index < -0.39 is 28.5 Å². The quantitative estimate of drug-likeness (QED) is 0.406. The third-order valence-corrected chi connectivity index (χ3v) is 8.26. The Balaban J connectivity index is 2.07. The number of hydrogen-bond acceptors (Lipinski definition) is 4. The lowest BCUT2D eigenvalue weighted by molar-refractivity contribution is -0.139. The molecule has 202 valence electrons. The van der Waals surface area contributed by atoms with Gasteiger partial charge in [-0.2, -0.15) is 0 Å². The number of anilines is 1. The first-order valence-corrected chi connectivity index (χ1v) is 14.1. The Labute approximate surface area is 226 Å². The Morgan fingerprint density at radius 3 is 2.16 bits per heavy atom. The average Bonchev–Trinajstić information content (AvgIpc) is 2.87. The van der Waals surface area contributed by atoms with E-state index in [1.807, 2.05) is 65.0 Å². The highest BCUT2D eigenvalue weighted by Crippen LogP contribution is 2.29. The van der Waals surface area contributed by atoms with Gasteiger partial charge >= 0.3 is 0 Å². The standard InChI is InChI=1S/C30H37N3O4S/c1-21(2)31-30(35)25(6)32(19-26-14-10-12-22(3)18-26)29(34)20-33(28-17-11-13-23(4)24(28)5)38(36,37)27-15-8-7-9-16-27/h7-18,21,25H,19-20H2,1-6H3,(H,31,35)/t25-/m1/s1. The smallest absolute Gasteiger partial charge is 0.264 e. The number of benzene rings is 3. The predicted octanol–water partition coefficient (Wildman–Crippen LogP) is 4.75. The first kappa shape index (κ1) is 28.9. The molecule has 0 aromatic heterocycles. The molecule has 0 aliphatic heterocycles. The molecule has 0 saturated carbocycles. The maximum atomic E-state index is 14.0. The second kappa shape index (κ2) is 12.3. The summed E-state index contributed by atoms with van der Waals surface area (Å²) in [5.41, 5.74) is 3.97. The first-order chi connectivity index (χ1) is 17.9. The zero-order valence-electron chi connectivity index (χ0n) is 22.9. The highest BCUT2D eigenvalue weighted by molar-refractivity contribution is 7.92. The van der Waals surface area contributed by atoms with Crippen molar-refractivity contribution >= 4 is 27.5 Å². The van der Waals surface area contributed by atoms with Crippen LogP contribution < -0.4 is 9.62 Å². The van der Waals surface area contributed by atoms with Gasteiger partial charge in [-0.3, -0.25) is 13.9 Å². The van der Waals surface area contributed by atoms with Crippen molar-refractivity contribution in [3.05, 3.63) is 95.1 Å². The van der Waals surface area contributed by atoms with Crippen LogP contribution in [-0.4, -0.2) is 43.8 Å². The molecule has 1 N–H and O–H groups in total. The summed E-state index contributed by atoms with van der Waals surface area (Å²) in [5.74, 6) is -0.775. The maximum absolute atomic E-state index is 14.0. The SMILES string of the molecule is Cc1cccc(CN(C(=O)CN(c2cccc(C)c2C)S(=O)(=O)c2ccccc2)[C@H](C)C(=O)NC(C)C)c1. The molecule has 3 aromatic carbocycles. The number of nitrogens with one attached hydrogen (secondary N) is 1. The molecule has 0 heterocycles. The van der Waals surface area contributed by atoms with Gasteiger partial charge in [-0.1, -0.05) is 60.2 Å². The zero-order valence-corrected chi connectivity index (χ0v) is 23.7. The van der Waals surface area contributed by atoms with E-state index in [4.69, 9.17) is 0 Å². The van der Waals surface area contributed by atoms with E-state index in [-0.39, 0.29) is 23.4 Å². The fourth-order valence-corrected chi connectivity index (χ4v) is 5.73. The summed E-state index contributed by atoms with van der Waals surface area (Å²) < 4.78 is 28.9. The van der Waals surface area contributed by atoms with Gasteiger partial charge in [0.25, 0.3) is 10.0 Å². The third-order valence-electron chi connectivity index (χ3n) is 6.49. The fraction of sp³-hybridized carbons (Fsp3) is 0.333. The van der Waals surface area contributed by atoms with Gasteiger partial charge in [0.1, 0.15) is 12.6 Å². The summed E-state index contributed by atoms with van der Waals surface area (Å²) in [6.07, 6.45) is 0. The molecule has 0 radical (unpaired) electrons. The molecule has 1 atom stereocenters. The summed E-state index contributed by atoms with van der Waals surface area (Å²) in [6.45, 7) is 10.8. The van der Waals surface area contributed by atoms with Gasteiger partial charge in [-0.05, 0) is 76.4 Å². The van der Waals surface area contributed by atoms with Crippen molar-refractivity contribution in [3.63, 3.8) is 0 Å². The van der Waals surface area contributed by atoms with Crippen LogP contribution in [0.5, 0.6) is 0 Å². The Morgan fingerprint density at radius 1 is 0.868 bits per heavy atom. The van der Waals surface area contributed by atoms with E-state index in [0.717, 1.165) is 26.6 Å². The van der Waals surface area contributed by atoms with Gasteiger partial charge < -0.3 is 10.2 Å². The van der Waals surface area contributed by atoms with Crippen molar-refractivity contribution in [3.8, 4) is 0 Å². The Hall–Kier alpha value is -3.65. The molecular formula is C30H37N3O4S. The molecule has 0 bridgehead atoms. The predicted molar refractivity (Wildman–Crippen MR) is 151 cm³/mol. The van der Waals surface area contributed by atoms with Crippen LogP contribution in [0, 0.1) is 20.8 Å². The lowest BCUT2D eigenvalue weighted by atomic mass is 10.1. The monoisotopic (exact) mass is 535 g/mol. The molecule has 38 heavy (non-hydrogen) atoms. The molecule has 8 heteroatoms. The normalized spacial score (nSPS) is 12.2. The number of rotatable bonds is 10. The molecule has 0 spiro atoms. The van der Waals surface area contributed by atoms with Crippen LogP contribution in [0.2, 0.25) is 0 Å². The van der Waals surface area contributed by atoms with Crippen molar-refractivity contribution in [1.29, 1.82) is 0 Å². The number of aryl methyl sites for hydroxylation is 2. The van der Waals surface area contributed by atoms with Gasteiger partial charge in [0.15, 0.2) is 0 Å². The molecule has 3 rings (SSSR count). The van der Waals surface area contributed by atoms with Crippen LogP contribution >= 0.6 is 0 Å². The number of carbonyl (C=O) groups is 2. The molecule has 0 saturated heterocycles. The van der Waals surface area contributed by atoms with E-state index in [0.29, 0.717) is 5.69 Å². The molecule has 0 unspecified atom stereocenters.